The third-order valence-electron chi connectivity index (χ3n) is 3.82. The van der Waals surface area contributed by atoms with E-state index in [4.69, 9.17) is 4.74 Å². The molecule has 5 nitrogen and oxygen atoms in total. The lowest BCUT2D eigenvalue weighted by atomic mass is 9.94. The summed E-state index contributed by atoms with van der Waals surface area (Å²) in [4.78, 5) is 29.0. The molecule has 2 rings (SSSR count). The van der Waals surface area contributed by atoms with Gasteiger partial charge in [-0.15, -0.1) is 0 Å². The summed E-state index contributed by atoms with van der Waals surface area (Å²) in [7, 11) is 1.58. The Balaban J connectivity index is 2.62. The van der Waals surface area contributed by atoms with E-state index in [0.717, 1.165) is 17.3 Å². The number of methoxy groups -OCH3 is 1. The molecule has 25 heavy (non-hydrogen) atoms. The first kappa shape index (κ1) is 19.1. The quantitative estimate of drug-likeness (QED) is 0.757. The predicted molar refractivity (Wildman–Crippen MR) is 99.4 cm³/mol. The molecule has 6 heteroatoms. The first-order valence-electron chi connectivity index (χ1n) is 7.99. The van der Waals surface area contributed by atoms with E-state index in [1.54, 1.807) is 14.0 Å². The molecular weight excluding hydrogens is 338 g/mol. The number of hydrogen-bond donors (Lipinski definition) is 1. The SMILES string of the molecule is CCc1c(C(=O)SCCOC)c(C)nc(-c2ccccc2)c1C(=O)O. The van der Waals surface area contributed by atoms with Gasteiger partial charge in [0.15, 0.2) is 0 Å². The lowest BCUT2D eigenvalue weighted by molar-refractivity contribution is 0.0696. The Morgan fingerprint density at radius 1 is 1.20 bits per heavy atom. The number of benzene rings is 1. The van der Waals surface area contributed by atoms with Crippen LogP contribution < -0.4 is 0 Å². The fourth-order valence-electron chi connectivity index (χ4n) is 2.72. The summed E-state index contributed by atoms with van der Waals surface area (Å²) in [6.07, 6.45) is 0.441. The van der Waals surface area contributed by atoms with Gasteiger partial charge in [-0.2, -0.15) is 0 Å². The number of aryl methyl sites for hydroxylation is 1. The highest BCUT2D eigenvalue weighted by atomic mass is 32.2. The van der Waals surface area contributed by atoms with Crippen LogP contribution in [0.2, 0.25) is 0 Å². The Morgan fingerprint density at radius 3 is 2.44 bits per heavy atom. The minimum absolute atomic E-state index is 0.106. The molecule has 1 aromatic carbocycles. The topological polar surface area (TPSA) is 76.5 Å². The van der Waals surface area contributed by atoms with Crippen LogP contribution in [0.25, 0.3) is 11.3 Å². The van der Waals surface area contributed by atoms with E-state index in [1.165, 1.54) is 0 Å². The van der Waals surface area contributed by atoms with Gasteiger partial charge < -0.3 is 9.84 Å². The van der Waals surface area contributed by atoms with Gasteiger partial charge >= 0.3 is 5.97 Å². The van der Waals surface area contributed by atoms with Crippen LogP contribution in [0.5, 0.6) is 0 Å². The second kappa shape index (κ2) is 8.78. The maximum absolute atomic E-state index is 12.6. The van der Waals surface area contributed by atoms with Gasteiger partial charge in [-0.25, -0.2) is 4.79 Å². The third-order valence-corrected chi connectivity index (χ3v) is 4.66. The number of nitrogens with zero attached hydrogens (tertiary/aromatic N) is 1. The number of hydrogen-bond acceptors (Lipinski definition) is 5. The van der Waals surface area contributed by atoms with Crippen molar-refractivity contribution in [1.29, 1.82) is 0 Å². The Morgan fingerprint density at radius 2 is 1.88 bits per heavy atom. The largest absolute Gasteiger partial charge is 0.478 e. The second-order valence-electron chi connectivity index (χ2n) is 5.43. The van der Waals surface area contributed by atoms with Gasteiger partial charge in [0, 0.05) is 18.4 Å². The molecule has 0 saturated carbocycles. The normalized spacial score (nSPS) is 10.7. The average molecular weight is 359 g/mol. The number of carboxylic acids is 1. The smallest absolute Gasteiger partial charge is 0.338 e. The van der Waals surface area contributed by atoms with E-state index >= 15 is 0 Å². The molecule has 0 aliphatic rings. The van der Waals surface area contributed by atoms with E-state index in [1.807, 2.05) is 37.3 Å². The molecule has 0 bridgehead atoms. The van der Waals surface area contributed by atoms with Crippen molar-refractivity contribution in [3.05, 3.63) is 52.7 Å². The number of carboxylic acid groups (broad SMARTS) is 1. The lowest BCUT2D eigenvalue weighted by Crippen LogP contribution is -2.15. The first-order chi connectivity index (χ1) is 12.0. The van der Waals surface area contributed by atoms with Crippen LogP contribution in [0.15, 0.2) is 30.3 Å². The number of pyridine rings is 1. The van der Waals surface area contributed by atoms with Crippen molar-refractivity contribution >= 4 is 22.8 Å². The van der Waals surface area contributed by atoms with Gasteiger partial charge in [0.05, 0.1) is 29.1 Å². The van der Waals surface area contributed by atoms with Crippen LogP contribution in [-0.4, -0.2) is 40.6 Å². The summed E-state index contributed by atoms with van der Waals surface area (Å²) in [5, 5.41) is 9.61. The molecule has 0 atom stereocenters. The highest BCUT2D eigenvalue weighted by molar-refractivity contribution is 8.14. The molecule has 0 saturated heterocycles. The Hall–Kier alpha value is -2.18. The summed E-state index contributed by atoms with van der Waals surface area (Å²) in [5.41, 5.74) is 2.73. The highest BCUT2D eigenvalue weighted by Gasteiger charge is 2.26. The summed E-state index contributed by atoms with van der Waals surface area (Å²) in [6.45, 7) is 4.06. The average Bonchev–Trinajstić information content (AvgIpc) is 2.61. The summed E-state index contributed by atoms with van der Waals surface area (Å²) < 4.78 is 4.97. The van der Waals surface area contributed by atoms with Crippen LogP contribution in [0.1, 0.15) is 38.9 Å². The van der Waals surface area contributed by atoms with Gasteiger partial charge in [-0.05, 0) is 18.9 Å². The molecular formula is C19H21NO4S. The second-order valence-corrected chi connectivity index (χ2v) is 6.50. The lowest BCUT2D eigenvalue weighted by Gasteiger charge is -2.16. The standard InChI is InChI=1S/C19H21NO4S/c1-4-14-15(19(23)25-11-10-24-3)12(2)20-17(16(14)18(21)22)13-8-6-5-7-9-13/h5-9H,4,10-11H2,1-3H3,(H,21,22). The Kier molecular flexibility index (Phi) is 6.73. The third kappa shape index (κ3) is 4.27. The van der Waals surface area contributed by atoms with Crippen LogP contribution in [0.4, 0.5) is 0 Å². The van der Waals surface area contributed by atoms with Gasteiger partial charge in [0.2, 0.25) is 5.12 Å². The van der Waals surface area contributed by atoms with E-state index in [-0.39, 0.29) is 10.7 Å². The molecule has 0 aliphatic carbocycles. The Labute approximate surface area is 151 Å². The highest BCUT2D eigenvalue weighted by Crippen LogP contribution is 2.31. The molecule has 0 fully saturated rings. The minimum Gasteiger partial charge on any atom is -0.478 e. The number of carbonyl (C=O) groups is 2. The van der Waals surface area contributed by atoms with Crippen molar-refractivity contribution in [2.24, 2.45) is 0 Å². The van der Waals surface area contributed by atoms with Crippen molar-refractivity contribution in [2.75, 3.05) is 19.5 Å². The molecule has 1 N–H and O–H groups in total. The zero-order chi connectivity index (χ0) is 18.4. The van der Waals surface area contributed by atoms with E-state index in [0.29, 0.717) is 41.3 Å². The molecule has 0 radical (unpaired) electrons. The predicted octanol–water partition coefficient (Wildman–Crippen LogP) is 3.84. The minimum atomic E-state index is -1.07. The first-order valence-corrected chi connectivity index (χ1v) is 8.98. The monoisotopic (exact) mass is 359 g/mol. The van der Waals surface area contributed by atoms with Gasteiger partial charge in [-0.3, -0.25) is 9.78 Å². The number of carbonyl (C=O) groups excluding carboxylic acids is 1. The Bertz CT molecular complexity index is 775. The van der Waals surface area contributed by atoms with Crippen molar-refractivity contribution < 1.29 is 19.4 Å². The number of ether oxygens (including phenoxy) is 1. The summed E-state index contributed by atoms with van der Waals surface area (Å²) in [6, 6.07) is 9.18. The van der Waals surface area contributed by atoms with Crippen molar-refractivity contribution in [1.82, 2.24) is 4.98 Å². The zero-order valence-electron chi connectivity index (χ0n) is 14.5. The van der Waals surface area contributed by atoms with Crippen LogP contribution in [-0.2, 0) is 11.2 Å². The van der Waals surface area contributed by atoms with E-state index in [9.17, 15) is 14.7 Å². The van der Waals surface area contributed by atoms with Gasteiger partial charge in [-0.1, -0.05) is 49.0 Å². The molecule has 0 unspecified atom stereocenters. The van der Waals surface area contributed by atoms with Gasteiger partial charge in [0.1, 0.15) is 0 Å². The zero-order valence-corrected chi connectivity index (χ0v) is 15.4. The van der Waals surface area contributed by atoms with Crippen molar-refractivity contribution in [3.63, 3.8) is 0 Å². The van der Waals surface area contributed by atoms with Crippen LogP contribution in [0, 0.1) is 6.92 Å². The summed E-state index contributed by atoms with van der Waals surface area (Å²) >= 11 is 1.12. The maximum atomic E-state index is 12.6. The molecule has 1 heterocycles. The van der Waals surface area contributed by atoms with Gasteiger partial charge in [0.25, 0.3) is 0 Å². The molecule has 132 valence electrons. The van der Waals surface area contributed by atoms with Crippen LogP contribution in [0.3, 0.4) is 0 Å². The van der Waals surface area contributed by atoms with Crippen LogP contribution >= 0.6 is 11.8 Å². The van der Waals surface area contributed by atoms with Crippen molar-refractivity contribution in [3.8, 4) is 11.3 Å². The molecule has 1 aromatic heterocycles. The van der Waals surface area contributed by atoms with E-state index < -0.39 is 5.97 Å². The number of rotatable bonds is 7. The number of thioether (sulfide) groups is 1. The number of aromatic carboxylic acids is 1. The fourth-order valence-corrected chi connectivity index (χ4v) is 3.57. The maximum Gasteiger partial charge on any atom is 0.338 e. The molecule has 0 aliphatic heterocycles. The number of aromatic nitrogens is 1. The molecule has 0 amide bonds. The molecule has 0 spiro atoms. The molecule has 2 aromatic rings. The van der Waals surface area contributed by atoms with Crippen molar-refractivity contribution in [2.45, 2.75) is 20.3 Å². The summed E-state index contributed by atoms with van der Waals surface area (Å²) in [5.74, 6) is -0.556. The fraction of sp³-hybridized carbons (Fsp3) is 0.316. The van der Waals surface area contributed by atoms with E-state index in [2.05, 4.69) is 4.98 Å².